The van der Waals surface area contributed by atoms with Crippen molar-refractivity contribution < 1.29 is 14.3 Å². The van der Waals surface area contributed by atoms with E-state index >= 15 is 0 Å². The molecule has 1 aliphatic rings. The van der Waals surface area contributed by atoms with E-state index < -0.39 is 12.2 Å². The normalized spacial score (nSPS) is 17.5. The van der Waals surface area contributed by atoms with Crippen molar-refractivity contribution in [2.45, 2.75) is 31.9 Å². The number of carbonyl (C=O) groups is 2. The van der Waals surface area contributed by atoms with E-state index in [4.69, 9.17) is 16.3 Å². The molecule has 2 unspecified atom stereocenters. The van der Waals surface area contributed by atoms with Crippen molar-refractivity contribution in [3.05, 3.63) is 70.2 Å². The lowest BCUT2D eigenvalue weighted by molar-refractivity contribution is -0.128. The number of ether oxygens (including phenoxy) is 1. The third kappa shape index (κ3) is 4.17. The first kappa shape index (κ1) is 18.3. The fourth-order valence-electron chi connectivity index (χ4n) is 2.88. The van der Waals surface area contributed by atoms with Crippen LogP contribution in [0.15, 0.2) is 48.5 Å². The van der Waals surface area contributed by atoms with Crippen LogP contribution < -0.4 is 10.6 Å². The molecule has 0 radical (unpaired) electrons. The molecule has 2 aromatic rings. The van der Waals surface area contributed by atoms with E-state index in [0.29, 0.717) is 10.9 Å². The Labute approximate surface area is 157 Å². The largest absolute Gasteiger partial charge is 0.434 e. The maximum atomic E-state index is 12.6. The Hall–Kier alpha value is -2.53. The molecule has 1 saturated heterocycles. The standard InChI is InChI=1S/C20H21ClN2O3/c1-12(2)14-4-3-5-15(10-14)18(13-6-8-16(21)9-7-13)23-19(24)17-11-22-20(25)26-17/h3-10,12,17-18H,11H2,1-2H3,(H,22,25)(H,23,24). The maximum absolute atomic E-state index is 12.6. The van der Waals surface area contributed by atoms with Crippen LogP contribution in [0.25, 0.3) is 0 Å². The zero-order valence-corrected chi connectivity index (χ0v) is 15.4. The van der Waals surface area contributed by atoms with Crippen LogP contribution in [0, 0.1) is 0 Å². The molecule has 5 nitrogen and oxygen atoms in total. The Morgan fingerprint density at radius 1 is 1.15 bits per heavy atom. The predicted molar refractivity (Wildman–Crippen MR) is 100 cm³/mol. The van der Waals surface area contributed by atoms with Crippen LogP contribution in [0.4, 0.5) is 4.79 Å². The van der Waals surface area contributed by atoms with Gasteiger partial charge in [0.1, 0.15) is 0 Å². The first-order chi connectivity index (χ1) is 12.4. The van der Waals surface area contributed by atoms with Gasteiger partial charge in [0.15, 0.2) is 6.10 Å². The third-order valence-electron chi connectivity index (χ3n) is 4.37. The summed E-state index contributed by atoms with van der Waals surface area (Å²) >= 11 is 6.00. The molecule has 1 fully saturated rings. The van der Waals surface area contributed by atoms with E-state index in [1.54, 1.807) is 12.1 Å². The Balaban J connectivity index is 1.91. The molecule has 3 rings (SSSR count). The van der Waals surface area contributed by atoms with Crippen LogP contribution >= 0.6 is 11.6 Å². The van der Waals surface area contributed by atoms with Crippen molar-refractivity contribution in [3.8, 4) is 0 Å². The monoisotopic (exact) mass is 372 g/mol. The lowest BCUT2D eigenvalue weighted by atomic mass is 9.94. The van der Waals surface area contributed by atoms with Gasteiger partial charge in [0.05, 0.1) is 12.6 Å². The second-order valence-corrected chi connectivity index (χ2v) is 7.03. The van der Waals surface area contributed by atoms with Gasteiger partial charge >= 0.3 is 6.09 Å². The van der Waals surface area contributed by atoms with Crippen LogP contribution in [0.5, 0.6) is 0 Å². The number of hydrogen-bond donors (Lipinski definition) is 2. The minimum absolute atomic E-state index is 0.171. The molecule has 26 heavy (non-hydrogen) atoms. The highest BCUT2D eigenvalue weighted by Crippen LogP contribution is 2.26. The van der Waals surface area contributed by atoms with Crippen molar-refractivity contribution in [1.82, 2.24) is 10.6 Å². The van der Waals surface area contributed by atoms with E-state index in [1.165, 1.54) is 5.56 Å². The molecule has 136 valence electrons. The Morgan fingerprint density at radius 2 is 1.85 bits per heavy atom. The third-order valence-corrected chi connectivity index (χ3v) is 4.63. The van der Waals surface area contributed by atoms with Crippen molar-refractivity contribution >= 4 is 23.6 Å². The van der Waals surface area contributed by atoms with Gasteiger partial charge < -0.3 is 15.4 Å². The van der Waals surface area contributed by atoms with Gasteiger partial charge in [0, 0.05) is 5.02 Å². The number of rotatable bonds is 5. The summed E-state index contributed by atoms with van der Waals surface area (Å²) in [6.45, 7) is 4.42. The second-order valence-electron chi connectivity index (χ2n) is 6.59. The van der Waals surface area contributed by atoms with Gasteiger partial charge in [0.2, 0.25) is 0 Å². The summed E-state index contributed by atoms with van der Waals surface area (Å²) in [7, 11) is 0. The number of alkyl carbamates (subject to hydrolysis) is 1. The SMILES string of the molecule is CC(C)c1cccc(C(NC(=O)C2CNC(=O)O2)c2ccc(Cl)cc2)c1. The molecule has 0 aromatic heterocycles. The number of amides is 2. The Kier molecular flexibility index (Phi) is 5.47. The fourth-order valence-corrected chi connectivity index (χ4v) is 3.01. The van der Waals surface area contributed by atoms with Gasteiger partial charge in [-0.25, -0.2) is 4.79 Å². The molecular formula is C20H21ClN2O3. The number of cyclic esters (lactones) is 1. The average molecular weight is 373 g/mol. The number of carbonyl (C=O) groups excluding carboxylic acids is 2. The van der Waals surface area contributed by atoms with Gasteiger partial charge in [-0.3, -0.25) is 4.79 Å². The summed E-state index contributed by atoms with van der Waals surface area (Å²) in [4.78, 5) is 23.8. The van der Waals surface area contributed by atoms with Crippen molar-refractivity contribution in [3.63, 3.8) is 0 Å². The first-order valence-electron chi connectivity index (χ1n) is 8.54. The molecule has 2 aromatic carbocycles. The number of hydrogen-bond acceptors (Lipinski definition) is 3. The average Bonchev–Trinajstić information content (AvgIpc) is 3.07. The fraction of sp³-hybridized carbons (Fsp3) is 0.300. The highest BCUT2D eigenvalue weighted by atomic mass is 35.5. The minimum atomic E-state index is -0.828. The van der Waals surface area contributed by atoms with E-state index in [0.717, 1.165) is 11.1 Å². The lowest BCUT2D eigenvalue weighted by Gasteiger charge is -2.22. The summed E-state index contributed by atoms with van der Waals surface area (Å²) < 4.78 is 4.99. The number of benzene rings is 2. The second kappa shape index (κ2) is 7.79. The summed E-state index contributed by atoms with van der Waals surface area (Å²) in [5.41, 5.74) is 3.05. The number of nitrogens with one attached hydrogen (secondary N) is 2. The zero-order valence-electron chi connectivity index (χ0n) is 14.7. The first-order valence-corrected chi connectivity index (χ1v) is 8.92. The lowest BCUT2D eigenvalue weighted by Crippen LogP contribution is -2.39. The molecule has 0 spiro atoms. The van der Waals surface area contributed by atoms with Gasteiger partial charge in [-0.1, -0.05) is 61.8 Å². The molecule has 6 heteroatoms. The van der Waals surface area contributed by atoms with Gasteiger partial charge in [0.25, 0.3) is 5.91 Å². The quantitative estimate of drug-likeness (QED) is 0.839. The molecule has 2 amide bonds. The molecule has 0 saturated carbocycles. The van der Waals surface area contributed by atoms with Gasteiger partial charge in [-0.05, 0) is 34.7 Å². The molecule has 0 aliphatic carbocycles. The highest BCUT2D eigenvalue weighted by molar-refractivity contribution is 6.30. The molecule has 0 bridgehead atoms. The molecule has 2 atom stereocenters. The highest BCUT2D eigenvalue weighted by Gasteiger charge is 2.31. The smallest absolute Gasteiger partial charge is 0.408 e. The van der Waals surface area contributed by atoms with Gasteiger partial charge in [-0.15, -0.1) is 0 Å². The summed E-state index contributed by atoms with van der Waals surface area (Å²) in [6, 6.07) is 15.1. The van der Waals surface area contributed by atoms with E-state index in [-0.39, 0.29) is 18.5 Å². The van der Waals surface area contributed by atoms with Crippen LogP contribution in [0.1, 0.15) is 42.5 Å². The van der Waals surface area contributed by atoms with Crippen molar-refractivity contribution in [2.24, 2.45) is 0 Å². The number of halogens is 1. The topological polar surface area (TPSA) is 67.4 Å². The molecule has 1 heterocycles. The van der Waals surface area contributed by atoms with Crippen LogP contribution in [-0.4, -0.2) is 24.6 Å². The van der Waals surface area contributed by atoms with Crippen molar-refractivity contribution in [1.29, 1.82) is 0 Å². The summed E-state index contributed by atoms with van der Waals surface area (Å²) in [6.07, 6.45) is -1.40. The predicted octanol–water partition coefficient (Wildman–Crippen LogP) is 3.78. The Bertz CT molecular complexity index is 805. The summed E-state index contributed by atoms with van der Waals surface area (Å²) in [5.74, 6) is 0.0368. The van der Waals surface area contributed by atoms with Crippen LogP contribution in [0.2, 0.25) is 5.02 Å². The molecular weight excluding hydrogens is 352 g/mol. The Morgan fingerprint density at radius 3 is 2.46 bits per heavy atom. The summed E-state index contributed by atoms with van der Waals surface area (Å²) in [5, 5.41) is 6.12. The van der Waals surface area contributed by atoms with Gasteiger partial charge in [-0.2, -0.15) is 0 Å². The zero-order chi connectivity index (χ0) is 18.7. The van der Waals surface area contributed by atoms with Crippen LogP contribution in [0.3, 0.4) is 0 Å². The van der Waals surface area contributed by atoms with E-state index in [2.05, 4.69) is 36.6 Å². The maximum Gasteiger partial charge on any atom is 0.408 e. The van der Waals surface area contributed by atoms with E-state index in [9.17, 15) is 9.59 Å². The van der Waals surface area contributed by atoms with Crippen LogP contribution in [-0.2, 0) is 9.53 Å². The van der Waals surface area contributed by atoms with Crippen molar-refractivity contribution in [2.75, 3.05) is 6.54 Å². The molecule has 1 aliphatic heterocycles. The van der Waals surface area contributed by atoms with E-state index in [1.807, 2.05) is 24.3 Å². The minimum Gasteiger partial charge on any atom is -0.434 e. The molecule has 2 N–H and O–H groups in total.